The molecular weight excluding hydrogens is 300 g/mol. The average Bonchev–Trinajstić information content (AvgIpc) is 2.49. The third-order valence-electron chi connectivity index (χ3n) is 3.20. The molecule has 2 aromatic rings. The highest BCUT2D eigenvalue weighted by Gasteiger charge is 2.00. The third kappa shape index (κ3) is 5.37. The highest BCUT2D eigenvalue weighted by molar-refractivity contribution is 7.80. The number of hydrogen-bond donors (Lipinski definition) is 2. The van der Waals surface area contributed by atoms with E-state index in [4.69, 9.17) is 23.8 Å². The van der Waals surface area contributed by atoms with Crippen LogP contribution in [0.5, 0.6) is 0 Å². The van der Waals surface area contributed by atoms with Crippen LogP contribution in [0.1, 0.15) is 17.5 Å². The fourth-order valence-electron chi connectivity index (χ4n) is 1.99. The first-order valence-corrected chi connectivity index (χ1v) is 7.79. The van der Waals surface area contributed by atoms with Crippen molar-refractivity contribution in [1.29, 1.82) is 0 Å². The molecule has 2 aromatic carbocycles. The summed E-state index contributed by atoms with van der Waals surface area (Å²) in [6.45, 7) is 2.83. The highest BCUT2D eigenvalue weighted by atomic mass is 35.5. The molecule has 0 unspecified atom stereocenters. The van der Waals surface area contributed by atoms with Crippen molar-refractivity contribution in [2.75, 3.05) is 11.9 Å². The van der Waals surface area contributed by atoms with Crippen LogP contribution in [-0.4, -0.2) is 11.7 Å². The molecule has 2 rings (SSSR count). The number of aryl methyl sites for hydroxylation is 2. The van der Waals surface area contributed by atoms with Gasteiger partial charge in [-0.2, -0.15) is 0 Å². The van der Waals surface area contributed by atoms with Gasteiger partial charge in [0.05, 0.1) is 0 Å². The second-order valence-corrected chi connectivity index (χ2v) is 5.75. The first-order chi connectivity index (χ1) is 10.1. The molecule has 0 aromatic heterocycles. The number of rotatable bonds is 5. The van der Waals surface area contributed by atoms with Crippen LogP contribution in [0, 0.1) is 6.92 Å². The fourth-order valence-corrected chi connectivity index (χ4v) is 2.39. The predicted molar refractivity (Wildman–Crippen MR) is 95.2 cm³/mol. The van der Waals surface area contributed by atoms with E-state index in [9.17, 15) is 0 Å². The summed E-state index contributed by atoms with van der Waals surface area (Å²) in [5, 5.41) is 7.73. The van der Waals surface area contributed by atoms with Gasteiger partial charge in [0.25, 0.3) is 0 Å². The predicted octanol–water partition coefficient (Wildman–Crippen LogP) is 4.57. The van der Waals surface area contributed by atoms with Gasteiger partial charge in [0.15, 0.2) is 5.11 Å². The van der Waals surface area contributed by atoms with Crippen LogP contribution in [0.15, 0.2) is 48.5 Å². The van der Waals surface area contributed by atoms with E-state index in [0.717, 1.165) is 35.7 Å². The molecular formula is C17H19ClN2S. The second kappa shape index (κ2) is 8.01. The molecule has 0 fully saturated rings. The van der Waals surface area contributed by atoms with Crippen molar-refractivity contribution in [1.82, 2.24) is 5.32 Å². The molecule has 0 atom stereocenters. The SMILES string of the molecule is Cc1ccc(NC(=S)NCCCc2ccccc2)cc1Cl. The molecule has 0 saturated heterocycles. The van der Waals surface area contributed by atoms with Crippen molar-refractivity contribution in [3.63, 3.8) is 0 Å². The zero-order valence-electron chi connectivity index (χ0n) is 12.0. The summed E-state index contributed by atoms with van der Waals surface area (Å²) in [5.41, 5.74) is 3.32. The number of hydrogen-bond acceptors (Lipinski definition) is 1. The van der Waals surface area contributed by atoms with Crippen molar-refractivity contribution in [2.24, 2.45) is 0 Å². The Morgan fingerprint density at radius 3 is 2.62 bits per heavy atom. The molecule has 4 heteroatoms. The first-order valence-electron chi connectivity index (χ1n) is 7.00. The van der Waals surface area contributed by atoms with Crippen LogP contribution in [-0.2, 0) is 6.42 Å². The third-order valence-corrected chi connectivity index (χ3v) is 3.85. The van der Waals surface area contributed by atoms with E-state index in [2.05, 4.69) is 34.9 Å². The Morgan fingerprint density at radius 1 is 1.14 bits per heavy atom. The maximum atomic E-state index is 6.09. The van der Waals surface area contributed by atoms with Gasteiger partial charge < -0.3 is 10.6 Å². The average molecular weight is 319 g/mol. The van der Waals surface area contributed by atoms with Gasteiger partial charge in [-0.3, -0.25) is 0 Å². The van der Waals surface area contributed by atoms with Gasteiger partial charge in [-0.25, -0.2) is 0 Å². The quantitative estimate of drug-likeness (QED) is 0.624. The van der Waals surface area contributed by atoms with E-state index in [0.29, 0.717) is 5.11 Å². The summed E-state index contributed by atoms with van der Waals surface area (Å²) in [7, 11) is 0. The Hall–Kier alpha value is -1.58. The zero-order chi connectivity index (χ0) is 15.1. The Balaban J connectivity index is 1.71. The Kier molecular flexibility index (Phi) is 6.03. The van der Waals surface area contributed by atoms with Gasteiger partial charge in [0.1, 0.15) is 0 Å². The molecule has 0 aliphatic rings. The van der Waals surface area contributed by atoms with Crippen LogP contribution in [0.25, 0.3) is 0 Å². The molecule has 0 spiro atoms. The minimum Gasteiger partial charge on any atom is -0.362 e. The molecule has 2 nitrogen and oxygen atoms in total. The number of thiocarbonyl (C=S) groups is 1. The van der Waals surface area contributed by atoms with E-state index in [1.54, 1.807) is 0 Å². The number of nitrogens with one attached hydrogen (secondary N) is 2. The van der Waals surface area contributed by atoms with E-state index >= 15 is 0 Å². The molecule has 0 bridgehead atoms. The zero-order valence-corrected chi connectivity index (χ0v) is 13.6. The van der Waals surface area contributed by atoms with Gasteiger partial charge in [0, 0.05) is 17.3 Å². The second-order valence-electron chi connectivity index (χ2n) is 4.93. The molecule has 0 amide bonds. The molecule has 0 saturated carbocycles. The lowest BCUT2D eigenvalue weighted by atomic mass is 10.1. The van der Waals surface area contributed by atoms with E-state index < -0.39 is 0 Å². The standard InChI is InChI=1S/C17H19ClN2S/c1-13-9-10-15(12-16(13)18)20-17(21)19-11-5-8-14-6-3-2-4-7-14/h2-4,6-7,9-10,12H,5,8,11H2,1H3,(H2,19,20,21). The van der Waals surface area contributed by atoms with Gasteiger partial charge in [-0.05, 0) is 55.2 Å². The Labute approximate surface area is 136 Å². The number of halogens is 1. The van der Waals surface area contributed by atoms with Crippen LogP contribution in [0.4, 0.5) is 5.69 Å². The summed E-state index contributed by atoms with van der Waals surface area (Å²) >= 11 is 11.4. The highest BCUT2D eigenvalue weighted by Crippen LogP contribution is 2.19. The number of anilines is 1. The molecule has 2 N–H and O–H groups in total. The van der Waals surface area contributed by atoms with Crippen LogP contribution >= 0.6 is 23.8 Å². The lowest BCUT2D eigenvalue weighted by molar-refractivity contribution is 0.777. The summed E-state index contributed by atoms with van der Waals surface area (Å²) in [5.74, 6) is 0. The fraction of sp³-hybridized carbons (Fsp3) is 0.235. The molecule has 0 radical (unpaired) electrons. The Bertz CT molecular complexity index is 599. The summed E-state index contributed by atoms with van der Waals surface area (Å²) in [6.07, 6.45) is 2.09. The molecule has 0 aliphatic heterocycles. The molecule has 110 valence electrons. The molecule has 0 aliphatic carbocycles. The minimum absolute atomic E-state index is 0.628. The van der Waals surface area contributed by atoms with Crippen molar-refractivity contribution in [2.45, 2.75) is 19.8 Å². The lowest BCUT2D eigenvalue weighted by Crippen LogP contribution is -2.29. The monoisotopic (exact) mass is 318 g/mol. The molecule has 0 heterocycles. The lowest BCUT2D eigenvalue weighted by Gasteiger charge is -2.11. The van der Waals surface area contributed by atoms with Crippen LogP contribution in [0.2, 0.25) is 5.02 Å². The number of benzene rings is 2. The topological polar surface area (TPSA) is 24.1 Å². The first kappa shape index (κ1) is 15.8. The minimum atomic E-state index is 0.628. The summed E-state index contributed by atoms with van der Waals surface area (Å²) in [4.78, 5) is 0. The summed E-state index contributed by atoms with van der Waals surface area (Å²) in [6, 6.07) is 16.3. The van der Waals surface area contributed by atoms with E-state index in [1.807, 2.05) is 31.2 Å². The van der Waals surface area contributed by atoms with Crippen molar-refractivity contribution < 1.29 is 0 Å². The smallest absolute Gasteiger partial charge is 0.170 e. The molecule has 21 heavy (non-hydrogen) atoms. The van der Waals surface area contributed by atoms with Crippen LogP contribution in [0.3, 0.4) is 0 Å². The van der Waals surface area contributed by atoms with Crippen molar-refractivity contribution in [3.8, 4) is 0 Å². The van der Waals surface area contributed by atoms with Gasteiger partial charge >= 0.3 is 0 Å². The van der Waals surface area contributed by atoms with Gasteiger partial charge in [-0.15, -0.1) is 0 Å². The normalized spacial score (nSPS) is 10.2. The van der Waals surface area contributed by atoms with E-state index in [-0.39, 0.29) is 0 Å². The maximum Gasteiger partial charge on any atom is 0.170 e. The largest absolute Gasteiger partial charge is 0.362 e. The van der Waals surface area contributed by atoms with Gasteiger partial charge in [0.2, 0.25) is 0 Å². The van der Waals surface area contributed by atoms with Crippen molar-refractivity contribution in [3.05, 3.63) is 64.7 Å². The van der Waals surface area contributed by atoms with Crippen molar-refractivity contribution >= 4 is 34.6 Å². The van der Waals surface area contributed by atoms with E-state index in [1.165, 1.54) is 5.56 Å². The maximum absolute atomic E-state index is 6.09. The summed E-state index contributed by atoms with van der Waals surface area (Å²) < 4.78 is 0. The van der Waals surface area contributed by atoms with Crippen LogP contribution < -0.4 is 10.6 Å². The van der Waals surface area contributed by atoms with Gasteiger partial charge in [-0.1, -0.05) is 48.0 Å². The Morgan fingerprint density at radius 2 is 1.90 bits per heavy atom.